The second-order valence-electron chi connectivity index (χ2n) is 7.98. The number of alkyl carbamates (subject to hydrolysis) is 1. The van der Waals surface area contributed by atoms with Crippen molar-refractivity contribution >= 4 is 23.9 Å². The van der Waals surface area contributed by atoms with Crippen LogP contribution in [0.25, 0.3) is 0 Å². The van der Waals surface area contributed by atoms with Gasteiger partial charge in [-0.05, 0) is 31.9 Å². The fourth-order valence-electron chi connectivity index (χ4n) is 2.91. The van der Waals surface area contributed by atoms with Gasteiger partial charge in [0.2, 0.25) is 11.8 Å². The standard InChI is InChI=1S/C25H31N3O7/c1-16(27-25(33)35-15-20-12-8-5-9-13-20)22(30)28-21(18(3)29)23(31)26-17(2)24(32)34-14-19-10-6-4-7-11-19/h4-13,16-18,21,29H,14-15H2,1-3H3,(H,26,31)(H,27,33)(H,28,30)/t16-,17-,18+,21-/m0/s1. The molecule has 0 aromatic heterocycles. The molecule has 10 nitrogen and oxygen atoms in total. The molecule has 0 bridgehead atoms. The van der Waals surface area contributed by atoms with E-state index in [2.05, 4.69) is 16.0 Å². The normalized spacial score (nSPS) is 13.9. The third kappa shape index (κ3) is 9.46. The Morgan fingerprint density at radius 2 is 1.23 bits per heavy atom. The second-order valence-corrected chi connectivity index (χ2v) is 7.98. The largest absolute Gasteiger partial charge is 0.459 e. The van der Waals surface area contributed by atoms with Gasteiger partial charge in [-0.25, -0.2) is 9.59 Å². The lowest BCUT2D eigenvalue weighted by atomic mass is 10.1. The Bertz CT molecular complexity index is 983. The van der Waals surface area contributed by atoms with E-state index in [1.165, 1.54) is 20.8 Å². The van der Waals surface area contributed by atoms with E-state index >= 15 is 0 Å². The Morgan fingerprint density at radius 3 is 1.74 bits per heavy atom. The molecule has 4 N–H and O–H groups in total. The summed E-state index contributed by atoms with van der Waals surface area (Å²) >= 11 is 0. The highest BCUT2D eigenvalue weighted by Crippen LogP contribution is 2.04. The topological polar surface area (TPSA) is 143 Å². The molecule has 2 aromatic carbocycles. The minimum absolute atomic E-state index is 0.0258. The number of ether oxygens (including phenoxy) is 2. The number of hydrogen-bond acceptors (Lipinski definition) is 7. The number of hydrogen-bond donors (Lipinski definition) is 4. The molecule has 0 radical (unpaired) electrons. The maximum Gasteiger partial charge on any atom is 0.408 e. The molecular weight excluding hydrogens is 454 g/mol. The number of carbonyl (C=O) groups excluding carboxylic acids is 4. The van der Waals surface area contributed by atoms with Gasteiger partial charge in [0.25, 0.3) is 0 Å². The molecule has 0 aliphatic heterocycles. The van der Waals surface area contributed by atoms with Crippen LogP contribution < -0.4 is 16.0 Å². The molecule has 35 heavy (non-hydrogen) atoms. The number of benzene rings is 2. The van der Waals surface area contributed by atoms with Gasteiger partial charge in [0.15, 0.2) is 0 Å². The van der Waals surface area contributed by atoms with Crippen molar-refractivity contribution in [1.29, 1.82) is 0 Å². The summed E-state index contributed by atoms with van der Waals surface area (Å²) in [4.78, 5) is 49.3. The highest BCUT2D eigenvalue weighted by Gasteiger charge is 2.30. The Kier molecular flexibility index (Phi) is 10.7. The first-order valence-electron chi connectivity index (χ1n) is 11.1. The van der Waals surface area contributed by atoms with E-state index in [4.69, 9.17) is 9.47 Å². The first-order valence-corrected chi connectivity index (χ1v) is 11.1. The molecule has 0 saturated heterocycles. The molecule has 0 unspecified atom stereocenters. The van der Waals surface area contributed by atoms with E-state index < -0.39 is 48.1 Å². The molecule has 0 spiro atoms. The van der Waals surface area contributed by atoms with Crippen molar-refractivity contribution in [2.45, 2.75) is 58.2 Å². The van der Waals surface area contributed by atoms with Crippen LogP contribution in [-0.4, -0.2) is 53.2 Å². The van der Waals surface area contributed by atoms with Crippen LogP contribution in [0.4, 0.5) is 4.79 Å². The van der Waals surface area contributed by atoms with Crippen LogP contribution in [0.3, 0.4) is 0 Å². The SMILES string of the molecule is C[C@H](NC(=O)OCc1ccccc1)C(=O)N[C@H](C(=O)N[C@@H](C)C(=O)OCc1ccccc1)[C@@H](C)O. The minimum atomic E-state index is -1.36. The third-order valence-corrected chi connectivity index (χ3v) is 4.94. The van der Waals surface area contributed by atoms with E-state index in [0.717, 1.165) is 11.1 Å². The van der Waals surface area contributed by atoms with Crippen LogP contribution >= 0.6 is 0 Å². The molecule has 4 atom stereocenters. The van der Waals surface area contributed by atoms with Gasteiger partial charge in [-0.2, -0.15) is 0 Å². The van der Waals surface area contributed by atoms with Gasteiger partial charge < -0.3 is 30.5 Å². The molecule has 2 aromatic rings. The fraction of sp³-hybridized carbons (Fsp3) is 0.360. The molecule has 0 saturated carbocycles. The summed E-state index contributed by atoms with van der Waals surface area (Å²) in [6.07, 6.45) is -2.09. The summed E-state index contributed by atoms with van der Waals surface area (Å²) < 4.78 is 10.3. The molecule has 0 fully saturated rings. The van der Waals surface area contributed by atoms with Gasteiger partial charge in [-0.15, -0.1) is 0 Å². The van der Waals surface area contributed by atoms with E-state index in [1.807, 2.05) is 24.3 Å². The zero-order valence-corrected chi connectivity index (χ0v) is 19.9. The summed E-state index contributed by atoms with van der Waals surface area (Å²) in [5.41, 5.74) is 1.57. The van der Waals surface area contributed by atoms with Crippen molar-refractivity contribution < 1.29 is 33.8 Å². The van der Waals surface area contributed by atoms with Crippen LogP contribution in [0.15, 0.2) is 60.7 Å². The van der Waals surface area contributed by atoms with Gasteiger partial charge in [-0.1, -0.05) is 60.7 Å². The molecule has 0 aliphatic carbocycles. The third-order valence-electron chi connectivity index (χ3n) is 4.94. The first kappa shape index (κ1) is 27.3. The van der Waals surface area contributed by atoms with Crippen molar-refractivity contribution in [2.24, 2.45) is 0 Å². The summed E-state index contributed by atoms with van der Waals surface area (Å²) in [6.45, 7) is 4.21. The molecule has 10 heteroatoms. The monoisotopic (exact) mass is 485 g/mol. The van der Waals surface area contributed by atoms with Crippen LogP contribution in [0.5, 0.6) is 0 Å². The predicted molar refractivity (Wildman–Crippen MR) is 127 cm³/mol. The second kappa shape index (κ2) is 13.7. The molecule has 188 valence electrons. The lowest BCUT2D eigenvalue weighted by Crippen LogP contribution is -2.58. The molecule has 0 aliphatic rings. The zero-order chi connectivity index (χ0) is 25.8. The van der Waals surface area contributed by atoms with Crippen LogP contribution in [-0.2, 0) is 37.1 Å². The average molecular weight is 486 g/mol. The van der Waals surface area contributed by atoms with Crippen LogP contribution in [0.2, 0.25) is 0 Å². The van der Waals surface area contributed by atoms with Crippen molar-refractivity contribution in [1.82, 2.24) is 16.0 Å². The fourth-order valence-corrected chi connectivity index (χ4v) is 2.91. The smallest absolute Gasteiger partial charge is 0.408 e. The lowest BCUT2D eigenvalue weighted by molar-refractivity contribution is -0.149. The highest BCUT2D eigenvalue weighted by atomic mass is 16.5. The van der Waals surface area contributed by atoms with E-state index in [9.17, 15) is 24.3 Å². The van der Waals surface area contributed by atoms with Gasteiger partial charge in [0.1, 0.15) is 31.3 Å². The Labute approximate surface area is 204 Å². The molecule has 0 heterocycles. The van der Waals surface area contributed by atoms with Gasteiger partial charge in [0.05, 0.1) is 6.10 Å². The van der Waals surface area contributed by atoms with Crippen LogP contribution in [0.1, 0.15) is 31.9 Å². The first-order chi connectivity index (χ1) is 16.7. The Balaban J connectivity index is 1.82. The van der Waals surface area contributed by atoms with Crippen molar-refractivity contribution in [3.05, 3.63) is 71.8 Å². The number of aliphatic hydroxyl groups is 1. The number of esters is 1. The quantitative estimate of drug-likeness (QED) is 0.353. The van der Waals surface area contributed by atoms with Gasteiger partial charge in [-0.3, -0.25) is 9.59 Å². The number of aliphatic hydroxyl groups excluding tert-OH is 1. The number of nitrogens with one attached hydrogen (secondary N) is 3. The maximum absolute atomic E-state index is 12.6. The Morgan fingerprint density at radius 1 is 0.714 bits per heavy atom. The lowest BCUT2D eigenvalue weighted by Gasteiger charge is -2.24. The predicted octanol–water partition coefficient (Wildman–Crippen LogP) is 1.42. The maximum atomic E-state index is 12.6. The van der Waals surface area contributed by atoms with Crippen molar-refractivity contribution in [3.8, 4) is 0 Å². The number of amides is 3. The van der Waals surface area contributed by atoms with E-state index in [-0.39, 0.29) is 13.2 Å². The minimum Gasteiger partial charge on any atom is -0.459 e. The molecular formula is C25H31N3O7. The highest BCUT2D eigenvalue weighted by molar-refractivity contribution is 5.93. The number of rotatable bonds is 11. The van der Waals surface area contributed by atoms with E-state index in [1.54, 1.807) is 36.4 Å². The molecule has 2 rings (SSSR count). The summed E-state index contributed by atoms with van der Waals surface area (Å²) in [7, 11) is 0. The zero-order valence-electron chi connectivity index (χ0n) is 19.9. The summed E-state index contributed by atoms with van der Waals surface area (Å²) in [5.74, 6) is -2.17. The van der Waals surface area contributed by atoms with Gasteiger partial charge in [0, 0.05) is 0 Å². The van der Waals surface area contributed by atoms with E-state index in [0.29, 0.717) is 0 Å². The summed E-state index contributed by atoms with van der Waals surface area (Å²) in [6, 6.07) is 14.6. The van der Waals surface area contributed by atoms with Crippen molar-refractivity contribution in [2.75, 3.05) is 0 Å². The van der Waals surface area contributed by atoms with Gasteiger partial charge >= 0.3 is 12.1 Å². The number of carbonyl (C=O) groups is 4. The molecule has 3 amide bonds. The van der Waals surface area contributed by atoms with Crippen LogP contribution in [0, 0.1) is 0 Å². The summed E-state index contributed by atoms with van der Waals surface area (Å²) in [5, 5.41) is 17.2. The average Bonchev–Trinajstić information content (AvgIpc) is 2.85. The van der Waals surface area contributed by atoms with Crippen molar-refractivity contribution in [3.63, 3.8) is 0 Å². The Hall–Kier alpha value is -3.92.